The smallest absolute Gasteiger partial charge is 0.377 e. The summed E-state index contributed by atoms with van der Waals surface area (Å²) in [7, 11) is 0. The van der Waals surface area contributed by atoms with Crippen LogP contribution in [0.1, 0.15) is 17.2 Å². The molecule has 0 spiro atoms. The lowest BCUT2D eigenvalue weighted by atomic mass is 9.99. The van der Waals surface area contributed by atoms with Crippen LogP contribution >= 0.6 is 0 Å². The molecule has 6 heteroatoms. The molecule has 1 atom stereocenters. The Morgan fingerprint density at radius 1 is 1.00 bits per heavy atom. The summed E-state index contributed by atoms with van der Waals surface area (Å²) in [6, 6.07) is 19.3. The molecule has 0 aliphatic carbocycles. The largest absolute Gasteiger partial charge is 0.493 e. The van der Waals surface area contributed by atoms with Gasteiger partial charge in [-0.3, -0.25) is 4.79 Å². The van der Waals surface area contributed by atoms with E-state index in [2.05, 4.69) is 5.32 Å². The van der Waals surface area contributed by atoms with Crippen molar-refractivity contribution in [1.82, 2.24) is 5.32 Å². The number of ether oxygens (including phenoxy) is 3. The summed E-state index contributed by atoms with van der Waals surface area (Å²) in [6.07, 6.45) is 1.83. The van der Waals surface area contributed by atoms with Gasteiger partial charge in [-0.1, -0.05) is 60.7 Å². The summed E-state index contributed by atoms with van der Waals surface area (Å²) in [6.45, 7) is 0.271. The molecule has 2 aromatic rings. The Balaban J connectivity index is 1.60. The van der Waals surface area contributed by atoms with Gasteiger partial charge in [-0.25, -0.2) is 4.79 Å². The summed E-state index contributed by atoms with van der Waals surface area (Å²) in [5.74, 6) is -1.13. The Morgan fingerprint density at radius 3 is 2.37 bits per heavy atom. The number of amides is 1. The topological polar surface area (TPSA) is 73.9 Å². The first kappa shape index (κ1) is 18.5. The highest BCUT2D eigenvalue weighted by molar-refractivity contribution is 5.88. The molecule has 0 aromatic heterocycles. The second-order valence-electron chi connectivity index (χ2n) is 6.00. The van der Waals surface area contributed by atoms with E-state index < -0.39 is 12.6 Å². The summed E-state index contributed by atoms with van der Waals surface area (Å²) in [4.78, 5) is 24.2. The van der Waals surface area contributed by atoms with Gasteiger partial charge < -0.3 is 19.5 Å². The second-order valence-corrected chi connectivity index (χ2v) is 6.00. The first-order chi connectivity index (χ1) is 13.2. The van der Waals surface area contributed by atoms with E-state index in [4.69, 9.17) is 14.2 Å². The van der Waals surface area contributed by atoms with Crippen LogP contribution < -0.4 is 5.32 Å². The van der Waals surface area contributed by atoms with E-state index in [9.17, 15) is 9.59 Å². The van der Waals surface area contributed by atoms with Crippen LogP contribution in [0.4, 0.5) is 0 Å². The van der Waals surface area contributed by atoms with Gasteiger partial charge in [0, 0.05) is 0 Å². The van der Waals surface area contributed by atoms with Gasteiger partial charge in [0.05, 0.1) is 6.04 Å². The molecule has 1 amide bonds. The summed E-state index contributed by atoms with van der Waals surface area (Å²) in [5, 5.41) is 2.93. The third-order valence-electron chi connectivity index (χ3n) is 4.00. The van der Waals surface area contributed by atoms with Crippen molar-refractivity contribution in [3.05, 3.63) is 83.8 Å². The zero-order valence-electron chi connectivity index (χ0n) is 14.8. The molecule has 2 aromatic carbocycles. The normalized spacial score (nSPS) is 14.1. The maximum atomic E-state index is 12.3. The van der Waals surface area contributed by atoms with Crippen molar-refractivity contribution in [3.63, 3.8) is 0 Å². The van der Waals surface area contributed by atoms with Crippen LogP contribution in [0.25, 0.3) is 0 Å². The lowest BCUT2D eigenvalue weighted by molar-refractivity contribution is -0.149. The molecular weight excluding hydrogens is 346 g/mol. The van der Waals surface area contributed by atoms with Gasteiger partial charge in [0.2, 0.25) is 5.76 Å². The second kappa shape index (κ2) is 9.43. The average molecular weight is 367 g/mol. The van der Waals surface area contributed by atoms with E-state index >= 15 is 0 Å². The minimum Gasteiger partial charge on any atom is -0.493 e. The molecule has 3 rings (SSSR count). The minimum absolute atomic E-state index is 0.0297. The quantitative estimate of drug-likeness (QED) is 0.761. The Morgan fingerprint density at radius 2 is 1.70 bits per heavy atom. The van der Waals surface area contributed by atoms with Crippen LogP contribution in [-0.2, 0) is 30.2 Å². The van der Waals surface area contributed by atoms with Crippen molar-refractivity contribution in [2.24, 2.45) is 0 Å². The van der Waals surface area contributed by atoms with Crippen LogP contribution in [0.5, 0.6) is 0 Å². The van der Waals surface area contributed by atoms with Crippen molar-refractivity contribution >= 4 is 11.9 Å². The van der Waals surface area contributed by atoms with E-state index in [1.54, 1.807) is 0 Å². The highest BCUT2D eigenvalue weighted by atomic mass is 16.6. The molecule has 140 valence electrons. The van der Waals surface area contributed by atoms with E-state index in [0.717, 1.165) is 11.1 Å². The molecule has 0 unspecified atom stereocenters. The van der Waals surface area contributed by atoms with Crippen LogP contribution in [0.15, 0.2) is 72.7 Å². The van der Waals surface area contributed by atoms with Gasteiger partial charge in [0.1, 0.15) is 19.5 Å². The number of esters is 1. The Hall–Kier alpha value is -3.28. The van der Waals surface area contributed by atoms with Crippen molar-refractivity contribution in [1.29, 1.82) is 0 Å². The fourth-order valence-electron chi connectivity index (χ4n) is 2.70. The molecule has 6 nitrogen and oxygen atoms in total. The number of rotatable bonds is 7. The molecule has 1 heterocycles. The Labute approximate surface area is 157 Å². The predicted molar refractivity (Wildman–Crippen MR) is 98.4 cm³/mol. The summed E-state index contributed by atoms with van der Waals surface area (Å²) in [5.41, 5.74) is 2.08. The van der Waals surface area contributed by atoms with Crippen molar-refractivity contribution in [3.8, 4) is 0 Å². The van der Waals surface area contributed by atoms with E-state index in [1.165, 1.54) is 6.26 Å². The van der Waals surface area contributed by atoms with Crippen LogP contribution in [0.3, 0.4) is 0 Å². The molecule has 1 aliphatic rings. The summed E-state index contributed by atoms with van der Waals surface area (Å²) >= 11 is 0. The van der Waals surface area contributed by atoms with Crippen LogP contribution in [0.2, 0.25) is 0 Å². The first-order valence-electron chi connectivity index (χ1n) is 8.72. The third kappa shape index (κ3) is 5.60. The monoisotopic (exact) mass is 367 g/mol. The third-order valence-corrected chi connectivity index (χ3v) is 4.00. The van der Waals surface area contributed by atoms with Gasteiger partial charge in [-0.2, -0.15) is 0 Å². The van der Waals surface area contributed by atoms with Crippen LogP contribution in [0, 0.1) is 0 Å². The van der Waals surface area contributed by atoms with E-state index in [0.29, 0.717) is 13.0 Å². The zero-order chi connectivity index (χ0) is 18.9. The molecule has 0 saturated heterocycles. The molecule has 1 N–H and O–H groups in total. The maximum Gasteiger partial charge on any atom is 0.377 e. The van der Waals surface area contributed by atoms with Gasteiger partial charge in [0.25, 0.3) is 5.91 Å². The zero-order valence-corrected chi connectivity index (χ0v) is 14.8. The first-order valence-corrected chi connectivity index (χ1v) is 8.72. The Kier molecular flexibility index (Phi) is 6.46. The molecule has 1 aliphatic heterocycles. The van der Waals surface area contributed by atoms with Crippen molar-refractivity contribution in [2.45, 2.75) is 12.5 Å². The highest BCUT2D eigenvalue weighted by Crippen LogP contribution is 2.18. The Bertz CT molecular complexity index is 789. The van der Waals surface area contributed by atoms with Gasteiger partial charge in [-0.15, -0.1) is 0 Å². The molecule has 0 saturated carbocycles. The van der Waals surface area contributed by atoms with E-state index in [-0.39, 0.29) is 24.3 Å². The molecule has 27 heavy (non-hydrogen) atoms. The molecule has 0 radical (unpaired) electrons. The fourth-order valence-corrected chi connectivity index (χ4v) is 2.70. The average Bonchev–Trinajstić information content (AvgIpc) is 2.73. The van der Waals surface area contributed by atoms with Crippen molar-refractivity contribution < 1.29 is 23.8 Å². The molecule has 0 fully saturated rings. The predicted octanol–water partition coefficient (Wildman–Crippen LogP) is 2.52. The highest BCUT2D eigenvalue weighted by Gasteiger charge is 2.20. The maximum absolute atomic E-state index is 12.3. The lowest BCUT2D eigenvalue weighted by Gasteiger charge is -2.20. The van der Waals surface area contributed by atoms with Gasteiger partial charge in [0.15, 0.2) is 6.61 Å². The number of carbonyl (C=O) groups is 2. The number of nitrogens with one attached hydrogen (secondary N) is 1. The van der Waals surface area contributed by atoms with Crippen LogP contribution in [-0.4, -0.2) is 31.7 Å². The lowest BCUT2D eigenvalue weighted by Crippen LogP contribution is -2.34. The SMILES string of the molecule is O=C(COC(=O)C1=COCCO1)N[C@@H](Cc1ccccc1)c1ccccc1. The summed E-state index contributed by atoms with van der Waals surface area (Å²) < 4.78 is 15.1. The minimum atomic E-state index is -0.718. The van der Waals surface area contributed by atoms with Gasteiger partial charge >= 0.3 is 5.97 Å². The van der Waals surface area contributed by atoms with E-state index in [1.807, 2.05) is 60.7 Å². The fraction of sp³-hybridized carbons (Fsp3) is 0.238. The number of hydrogen-bond acceptors (Lipinski definition) is 5. The number of carbonyl (C=O) groups excluding carboxylic acids is 2. The number of benzene rings is 2. The van der Waals surface area contributed by atoms with Crippen molar-refractivity contribution in [2.75, 3.05) is 19.8 Å². The molecule has 0 bridgehead atoms. The molecular formula is C21H21NO5. The standard InChI is InChI=1S/C21H21NO5/c23-20(15-27-21(24)19-14-25-11-12-26-19)22-18(17-9-5-2-6-10-17)13-16-7-3-1-4-8-16/h1-10,14,18H,11-13,15H2,(H,22,23)/t18-/m0/s1. The van der Waals surface area contributed by atoms with Gasteiger partial charge in [-0.05, 0) is 17.5 Å². The number of hydrogen-bond donors (Lipinski definition) is 1.